The molecule has 0 fully saturated rings. The predicted octanol–water partition coefficient (Wildman–Crippen LogP) is 3.92. The lowest BCUT2D eigenvalue weighted by Gasteiger charge is -2.17. The largest absolute Gasteiger partial charge is 0.502 e. The zero-order chi connectivity index (χ0) is 17.3. The fourth-order valence-corrected chi connectivity index (χ4v) is 3.50. The van der Waals surface area contributed by atoms with Crippen molar-refractivity contribution in [2.75, 3.05) is 20.0 Å². The minimum atomic E-state index is -0.433. The maximum Gasteiger partial charge on any atom is 0.200 e. The Balaban J connectivity index is 2.02. The number of hydrogen-bond donors (Lipinski definition) is 1. The van der Waals surface area contributed by atoms with Crippen molar-refractivity contribution in [1.82, 2.24) is 0 Å². The van der Waals surface area contributed by atoms with Crippen LogP contribution in [0.1, 0.15) is 15.9 Å². The fourth-order valence-electron chi connectivity index (χ4n) is 2.51. The molecule has 2 aromatic carbocycles. The molecule has 1 N–H and O–H groups in total. The molecule has 6 heteroatoms. The van der Waals surface area contributed by atoms with E-state index < -0.39 is 5.82 Å². The number of hydrogen-bond acceptors (Lipinski definition) is 5. The number of benzene rings is 2. The maximum absolute atomic E-state index is 13.4. The molecule has 1 aliphatic rings. The standard InChI is InChI=1S/C18H15FO4S/c1-22-14-6-10(7-15(23-2)18(14)21)5-11-9-24-16-4-3-12(19)8-13(16)17(11)20/h3-8,21H,9H2,1-2H3. The molecule has 0 radical (unpaired) electrons. The van der Waals surface area contributed by atoms with E-state index in [4.69, 9.17) is 9.47 Å². The highest BCUT2D eigenvalue weighted by Crippen LogP contribution is 2.39. The number of phenols is 1. The molecule has 0 aliphatic carbocycles. The molecule has 0 saturated heterocycles. The Bertz CT molecular complexity index is 820. The molecule has 0 saturated carbocycles. The molecule has 3 rings (SSSR count). The Kier molecular flexibility index (Phi) is 4.49. The number of thioether (sulfide) groups is 1. The van der Waals surface area contributed by atoms with Gasteiger partial charge in [0.25, 0.3) is 0 Å². The molecule has 0 bridgehead atoms. The van der Waals surface area contributed by atoms with E-state index in [9.17, 15) is 14.3 Å². The quantitative estimate of drug-likeness (QED) is 0.854. The van der Waals surface area contributed by atoms with Crippen molar-refractivity contribution in [3.63, 3.8) is 0 Å². The number of ketones is 1. The van der Waals surface area contributed by atoms with Gasteiger partial charge in [0.1, 0.15) is 5.82 Å². The lowest BCUT2D eigenvalue weighted by Crippen LogP contribution is -2.12. The summed E-state index contributed by atoms with van der Waals surface area (Å²) < 4.78 is 23.7. The van der Waals surface area contributed by atoms with Gasteiger partial charge in [0.15, 0.2) is 17.3 Å². The lowest BCUT2D eigenvalue weighted by atomic mass is 10.0. The Morgan fingerprint density at radius 3 is 2.46 bits per heavy atom. The molecule has 0 atom stereocenters. The molecule has 2 aromatic rings. The first-order valence-electron chi connectivity index (χ1n) is 7.16. The summed E-state index contributed by atoms with van der Waals surface area (Å²) in [6.45, 7) is 0. The highest BCUT2D eigenvalue weighted by molar-refractivity contribution is 7.99. The zero-order valence-electron chi connectivity index (χ0n) is 13.1. The molecule has 1 aliphatic heterocycles. The molecule has 124 valence electrons. The molecule has 0 unspecified atom stereocenters. The van der Waals surface area contributed by atoms with Gasteiger partial charge in [-0.05, 0) is 42.0 Å². The predicted molar refractivity (Wildman–Crippen MR) is 90.6 cm³/mol. The van der Waals surface area contributed by atoms with E-state index >= 15 is 0 Å². The van der Waals surface area contributed by atoms with Crippen molar-refractivity contribution < 1.29 is 23.8 Å². The summed E-state index contributed by atoms with van der Waals surface area (Å²) in [6.07, 6.45) is 1.70. The molecular weight excluding hydrogens is 331 g/mol. The van der Waals surface area contributed by atoms with Gasteiger partial charge in [0.05, 0.1) is 14.2 Å². The van der Waals surface area contributed by atoms with Gasteiger partial charge in [0.2, 0.25) is 5.75 Å². The molecule has 0 spiro atoms. The first-order chi connectivity index (χ1) is 11.5. The van der Waals surface area contributed by atoms with E-state index in [0.29, 0.717) is 22.5 Å². The number of carbonyl (C=O) groups is 1. The van der Waals surface area contributed by atoms with Crippen molar-refractivity contribution in [3.05, 3.63) is 52.8 Å². The van der Waals surface area contributed by atoms with Gasteiger partial charge in [-0.3, -0.25) is 4.79 Å². The van der Waals surface area contributed by atoms with Crippen molar-refractivity contribution in [3.8, 4) is 17.2 Å². The van der Waals surface area contributed by atoms with Crippen LogP contribution in [0, 0.1) is 5.82 Å². The van der Waals surface area contributed by atoms with Gasteiger partial charge in [0, 0.05) is 21.8 Å². The summed E-state index contributed by atoms with van der Waals surface area (Å²) in [5.74, 6) is 0.264. The number of carbonyl (C=O) groups excluding carboxylic acids is 1. The van der Waals surface area contributed by atoms with Gasteiger partial charge in [-0.2, -0.15) is 0 Å². The third kappa shape index (κ3) is 2.97. The first-order valence-corrected chi connectivity index (χ1v) is 8.14. The van der Waals surface area contributed by atoms with Crippen LogP contribution in [0.5, 0.6) is 17.2 Å². The SMILES string of the molecule is COc1cc(C=C2CSc3ccc(F)cc3C2=O)cc(OC)c1O. The van der Waals surface area contributed by atoms with Crippen LogP contribution in [0.2, 0.25) is 0 Å². The normalized spacial score (nSPS) is 15.3. The van der Waals surface area contributed by atoms with Crippen molar-refractivity contribution in [2.24, 2.45) is 0 Å². The molecular formula is C18H15FO4S. The van der Waals surface area contributed by atoms with Crippen LogP contribution >= 0.6 is 11.8 Å². The van der Waals surface area contributed by atoms with Crippen LogP contribution in [-0.4, -0.2) is 30.9 Å². The Morgan fingerprint density at radius 1 is 1.17 bits per heavy atom. The average Bonchev–Trinajstić information content (AvgIpc) is 2.59. The van der Waals surface area contributed by atoms with Gasteiger partial charge >= 0.3 is 0 Å². The third-order valence-electron chi connectivity index (χ3n) is 3.70. The number of rotatable bonds is 3. The maximum atomic E-state index is 13.4. The Hall–Kier alpha value is -2.47. The Morgan fingerprint density at radius 2 is 1.83 bits per heavy atom. The molecule has 24 heavy (non-hydrogen) atoms. The molecule has 0 amide bonds. The summed E-state index contributed by atoms with van der Waals surface area (Å²) in [5, 5.41) is 9.95. The van der Waals surface area contributed by atoms with E-state index in [-0.39, 0.29) is 23.0 Å². The monoisotopic (exact) mass is 346 g/mol. The summed E-state index contributed by atoms with van der Waals surface area (Å²) in [6, 6.07) is 7.46. The highest BCUT2D eigenvalue weighted by atomic mass is 32.2. The Labute approximate surface area is 142 Å². The molecule has 1 heterocycles. The summed E-state index contributed by atoms with van der Waals surface area (Å²) in [7, 11) is 2.87. The van der Waals surface area contributed by atoms with Gasteiger partial charge in [-0.1, -0.05) is 0 Å². The van der Waals surface area contributed by atoms with Crippen molar-refractivity contribution in [1.29, 1.82) is 0 Å². The van der Waals surface area contributed by atoms with Crippen molar-refractivity contribution in [2.45, 2.75) is 4.90 Å². The first kappa shape index (κ1) is 16.4. The van der Waals surface area contributed by atoms with Crippen LogP contribution in [0.4, 0.5) is 4.39 Å². The molecule has 4 nitrogen and oxygen atoms in total. The van der Waals surface area contributed by atoms with E-state index in [0.717, 1.165) is 4.90 Å². The summed E-state index contributed by atoms with van der Waals surface area (Å²) in [5.41, 5.74) is 1.58. The summed E-state index contributed by atoms with van der Waals surface area (Å²) in [4.78, 5) is 13.4. The van der Waals surface area contributed by atoms with Crippen LogP contribution in [-0.2, 0) is 0 Å². The number of halogens is 1. The van der Waals surface area contributed by atoms with E-state index in [2.05, 4.69) is 0 Å². The van der Waals surface area contributed by atoms with Gasteiger partial charge < -0.3 is 14.6 Å². The third-order valence-corrected chi connectivity index (χ3v) is 4.83. The van der Waals surface area contributed by atoms with Gasteiger partial charge in [-0.15, -0.1) is 11.8 Å². The number of methoxy groups -OCH3 is 2. The second kappa shape index (κ2) is 6.57. The van der Waals surface area contributed by atoms with E-state index in [1.165, 1.54) is 38.1 Å². The van der Waals surface area contributed by atoms with Crippen LogP contribution < -0.4 is 9.47 Å². The fraction of sp³-hybridized carbons (Fsp3) is 0.167. The lowest BCUT2D eigenvalue weighted by molar-refractivity contribution is 0.103. The topological polar surface area (TPSA) is 55.8 Å². The second-order valence-electron chi connectivity index (χ2n) is 5.20. The summed E-state index contributed by atoms with van der Waals surface area (Å²) >= 11 is 1.48. The average molecular weight is 346 g/mol. The smallest absolute Gasteiger partial charge is 0.200 e. The minimum Gasteiger partial charge on any atom is -0.502 e. The van der Waals surface area contributed by atoms with Crippen molar-refractivity contribution >= 4 is 23.6 Å². The van der Waals surface area contributed by atoms with Crippen LogP contribution in [0.3, 0.4) is 0 Å². The number of fused-ring (bicyclic) bond motifs is 1. The van der Waals surface area contributed by atoms with Crippen LogP contribution in [0.25, 0.3) is 6.08 Å². The highest BCUT2D eigenvalue weighted by Gasteiger charge is 2.23. The van der Waals surface area contributed by atoms with Gasteiger partial charge in [-0.25, -0.2) is 4.39 Å². The van der Waals surface area contributed by atoms with E-state index in [1.807, 2.05) is 0 Å². The number of phenolic OH excluding ortho intramolecular Hbond substituents is 1. The minimum absolute atomic E-state index is 0.0982. The van der Waals surface area contributed by atoms with Crippen LogP contribution in [0.15, 0.2) is 40.8 Å². The number of aromatic hydroxyl groups is 1. The second-order valence-corrected chi connectivity index (χ2v) is 6.22. The van der Waals surface area contributed by atoms with E-state index in [1.54, 1.807) is 24.3 Å². The molecule has 0 aromatic heterocycles. The zero-order valence-corrected chi connectivity index (χ0v) is 13.9. The number of ether oxygens (including phenoxy) is 2. The number of Topliss-reactive ketones (excluding diaryl/α,β-unsaturated/α-hetero) is 1.